The van der Waals surface area contributed by atoms with Crippen molar-refractivity contribution in [1.29, 1.82) is 0 Å². The fourth-order valence-electron chi connectivity index (χ4n) is 2.31. The van der Waals surface area contributed by atoms with Gasteiger partial charge in [0.1, 0.15) is 11.4 Å². The van der Waals surface area contributed by atoms with Gasteiger partial charge in [-0.15, -0.1) is 0 Å². The molecule has 0 saturated heterocycles. The number of hydrogen-bond donors (Lipinski definition) is 2. The van der Waals surface area contributed by atoms with Crippen molar-refractivity contribution in [3.05, 3.63) is 40.7 Å². The average molecular weight is 341 g/mol. The maximum absolute atomic E-state index is 12.7. The van der Waals surface area contributed by atoms with Crippen molar-refractivity contribution >= 4 is 11.6 Å². The number of alkyl halides is 3. The summed E-state index contributed by atoms with van der Waals surface area (Å²) in [6, 6.07) is 3.83. The van der Waals surface area contributed by atoms with Crippen LogP contribution in [-0.4, -0.2) is 20.8 Å². The van der Waals surface area contributed by atoms with Gasteiger partial charge in [0.25, 0.3) is 5.91 Å². The summed E-state index contributed by atoms with van der Waals surface area (Å²) in [7, 11) is 1.27. The lowest BCUT2D eigenvalue weighted by Gasteiger charge is -2.14. The number of aromatic hydroxyl groups is 1. The summed E-state index contributed by atoms with van der Waals surface area (Å²) < 4.78 is 38.9. The van der Waals surface area contributed by atoms with Gasteiger partial charge in [0.2, 0.25) is 0 Å². The maximum atomic E-state index is 12.7. The van der Waals surface area contributed by atoms with Crippen LogP contribution < -0.4 is 5.32 Å². The number of anilines is 1. The molecule has 24 heavy (non-hydrogen) atoms. The van der Waals surface area contributed by atoms with Gasteiger partial charge in [0.15, 0.2) is 5.69 Å². The summed E-state index contributed by atoms with van der Waals surface area (Å²) >= 11 is 0. The minimum atomic E-state index is -4.62. The summed E-state index contributed by atoms with van der Waals surface area (Å²) in [5, 5.41) is 15.8. The second kappa shape index (κ2) is 6.18. The highest BCUT2D eigenvalue weighted by Gasteiger charge is 2.35. The molecule has 1 aromatic heterocycles. The lowest BCUT2D eigenvalue weighted by atomic mass is 9.99. The highest BCUT2D eigenvalue weighted by Crippen LogP contribution is 2.32. The number of aryl methyl sites for hydroxylation is 2. The Kier molecular flexibility index (Phi) is 4.59. The topological polar surface area (TPSA) is 67.2 Å². The van der Waals surface area contributed by atoms with Gasteiger partial charge >= 0.3 is 6.18 Å². The van der Waals surface area contributed by atoms with Gasteiger partial charge in [-0.25, -0.2) is 0 Å². The van der Waals surface area contributed by atoms with Crippen LogP contribution in [0.2, 0.25) is 0 Å². The molecule has 2 rings (SSSR count). The number of carbonyl (C=O) groups is 1. The minimum absolute atomic E-state index is 0.0230. The van der Waals surface area contributed by atoms with Crippen LogP contribution in [0, 0.1) is 6.92 Å². The number of amides is 1. The van der Waals surface area contributed by atoms with Gasteiger partial charge in [0.05, 0.1) is 0 Å². The molecular formula is C16H18F3N3O2. The summed E-state index contributed by atoms with van der Waals surface area (Å²) in [5.41, 5.74) is 0.331. The lowest BCUT2D eigenvalue weighted by molar-refractivity contribution is -0.141. The molecule has 2 aromatic rings. The molecular weight excluding hydrogens is 323 g/mol. The van der Waals surface area contributed by atoms with Gasteiger partial charge in [-0.2, -0.15) is 18.3 Å². The van der Waals surface area contributed by atoms with E-state index in [0.717, 1.165) is 4.68 Å². The first-order valence-corrected chi connectivity index (χ1v) is 7.26. The highest BCUT2D eigenvalue weighted by molar-refractivity contribution is 6.03. The third kappa shape index (κ3) is 3.52. The molecule has 0 bridgehead atoms. The molecule has 5 nitrogen and oxygen atoms in total. The van der Waals surface area contributed by atoms with E-state index in [2.05, 4.69) is 10.4 Å². The van der Waals surface area contributed by atoms with E-state index in [0.29, 0.717) is 22.9 Å². The quantitative estimate of drug-likeness (QED) is 0.834. The molecule has 1 amide bonds. The van der Waals surface area contributed by atoms with Crippen LogP contribution in [-0.2, 0) is 13.2 Å². The molecule has 130 valence electrons. The zero-order chi connectivity index (χ0) is 18.2. The Hall–Kier alpha value is -2.51. The number of halogens is 3. The van der Waals surface area contributed by atoms with Crippen LogP contribution in [0.25, 0.3) is 0 Å². The minimum Gasteiger partial charge on any atom is -0.508 e. The van der Waals surface area contributed by atoms with Crippen molar-refractivity contribution in [3.8, 4) is 5.75 Å². The van der Waals surface area contributed by atoms with Crippen LogP contribution in [0.4, 0.5) is 18.9 Å². The van der Waals surface area contributed by atoms with E-state index in [1.54, 1.807) is 13.0 Å². The number of carbonyl (C=O) groups excluding carboxylic acids is 1. The number of phenols is 1. The molecule has 0 unspecified atom stereocenters. The van der Waals surface area contributed by atoms with E-state index >= 15 is 0 Å². The van der Waals surface area contributed by atoms with Gasteiger partial charge in [-0.05, 0) is 36.1 Å². The van der Waals surface area contributed by atoms with E-state index < -0.39 is 17.8 Å². The Balaban J connectivity index is 2.34. The molecule has 0 aliphatic rings. The molecule has 0 saturated carbocycles. The smallest absolute Gasteiger partial charge is 0.435 e. The van der Waals surface area contributed by atoms with E-state index in [4.69, 9.17) is 0 Å². The Bertz CT molecular complexity index is 780. The van der Waals surface area contributed by atoms with E-state index in [9.17, 15) is 23.1 Å². The normalized spacial score (nSPS) is 11.8. The van der Waals surface area contributed by atoms with Crippen LogP contribution in [0.3, 0.4) is 0 Å². The first-order chi connectivity index (χ1) is 11.0. The molecule has 0 spiro atoms. The number of nitrogens with one attached hydrogen (secondary N) is 1. The molecule has 0 fully saturated rings. The van der Waals surface area contributed by atoms with Crippen molar-refractivity contribution in [2.75, 3.05) is 5.32 Å². The molecule has 0 atom stereocenters. The summed E-state index contributed by atoms with van der Waals surface area (Å²) in [5.74, 6) is -0.570. The fourth-order valence-corrected chi connectivity index (χ4v) is 2.31. The van der Waals surface area contributed by atoms with Crippen molar-refractivity contribution in [1.82, 2.24) is 9.78 Å². The number of aromatic nitrogens is 2. The number of hydrogen-bond acceptors (Lipinski definition) is 3. The molecule has 0 aliphatic heterocycles. The molecule has 1 aromatic carbocycles. The van der Waals surface area contributed by atoms with Crippen LogP contribution in [0.15, 0.2) is 18.2 Å². The third-order valence-electron chi connectivity index (χ3n) is 3.65. The predicted octanol–water partition coefficient (Wildman–Crippen LogP) is 3.83. The Morgan fingerprint density at radius 2 is 1.92 bits per heavy atom. The number of rotatable bonds is 3. The fraction of sp³-hybridized carbons (Fsp3) is 0.375. The van der Waals surface area contributed by atoms with Gasteiger partial charge < -0.3 is 10.4 Å². The maximum Gasteiger partial charge on any atom is 0.435 e. The van der Waals surface area contributed by atoms with Gasteiger partial charge in [0, 0.05) is 18.8 Å². The Morgan fingerprint density at radius 1 is 1.29 bits per heavy atom. The third-order valence-corrected chi connectivity index (χ3v) is 3.65. The van der Waals surface area contributed by atoms with Crippen LogP contribution >= 0.6 is 0 Å². The molecule has 2 N–H and O–H groups in total. The van der Waals surface area contributed by atoms with Crippen molar-refractivity contribution < 1.29 is 23.1 Å². The lowest BCUT2D eigenvalue weighted by Crippen LogP contribution is -2.17. The number of nitrogens with zero attached hydrogens (tertiary/aromatic N) is 2. The van der Waals surface area contributed by atoms with Crippen molar-refractivity contribution in [2.45, 2.75) is 32.9 Å². The molecule has 8 heteroatoms. The zero-order valence-corrected chi connectivity index (χ0v) is 13.7. The van der Waals surface area contributed by atoms with Crippen molar-refractivity contribution in [2.24, 2.45) is 7.05 Å². The van der Waals surface area contributed by atoms with Gasteiger partial charge in [-0.3, -0.25) is 9.48 Å². The Labute approximate surface area is 137 Å². The highest BCUT2D eigenvalue weighted by atomic mass is 19.4. The first-order valence-electron chi connectivity index (χ1n) is 7.26. The average Bonchev–Trinajstić information content (AvgIpc) is 2.83. The summed E-state index contributed by atoms with van der Waals surface area (Å²) in [4.78, 5) is 12.3. The number of benzene rings is 1. The van der Waals surface area contributed by atoms with E-state index in [1.165, 1.54) is 13.1 Å². The largest absolute Gasteiger partial charge is 0.508 e. The Morgan fingerprint density at radius 3 is 2.42 bits per heavy atom. The molecule has 0 radical (unpaired) electrons. The second-order valence-electron chi connectivity index (χ2n) is 5.87. The zero-order valence-electron chi connectivity index (χ0n) is 13.7. The number of phenolic OH excluding ortho intramolecular Hbond substituents is 1. The second-order valence-corrected chi connectivity index (χ2v) is 5.87. The first kappa shape index (κ1) is 17.8. The van der Waals surface area contributed by atoms with E-state index in [-0.39, 0.29) is 17.4 Å². The molecule has 1 heterocycles. The van der Waals surface area contributed by atoms with Crippen molar-refractivity contribution in [3.63, 3.8) is 0 Å². The van der Waals surface area contributed by atoms with E-state index in [1.807, 2.05) is 13.8 Å². The van der Waals surface area contributed by atoms with Crippen LogP contribution in [0.5, 0.6) is 5.75 Å². The monoisotopic (exact) mass is 341 g/mol. The summed E-state index contributed by atoms with van der Waals surface area (Å²) in [6.45, 7) is 5.45. The van der Waals surface area contributed by atoms with Crippen LogP contribution in [0.1, 0.15) is 47.1 Å². The molecule has 0 aliphatic carbocycles. The SMILES string of the molecule is Cc1cc(O)c(C(C)C)cc1NC(=O)c1cc(C(F)(F)F)nn1C. The van der Waals surface area contributed by atoms with Gasteiger partial charge in [-0.1, -0.05) is 13.8 Å². The predicted molar refractivity (Wildman–Crippen MR) is 83.1 cm³/mol. The standard InChI is InChI=1S/C16H18F3N3O2/c1-8(2)10-6-11(9(3)5-13(10)23)20-15(24)12-7-14(16(17,18)19)21-22(12)4/h5-8,23H,1-4H3,(H,20,24). The summed E-state index contributed by atoms with van der Waals surface area (Å²) in [6.07, 6.45) is -4.62.